The molecule has 1 aliphatic heterocycles. The van der Waals surface area contributed by atoms with Crippen LogP contribution >= 0.6 is 0 Å². The molecule has 174 valence electrons. The number of aromatic nitrogens is 1. The number of hydrogen-bond donors (Lipinski definition) is 1. The number of anilines is 2. The minimum Gasteiger partial charge on any atom is -0.407 e. The number of nitro benzene ring substituents is 1. The van der Waals surface area contributed by atoms with Gasteiger partial charge in [-0.15, -0.1) is 0 Å². The standard InChI is InChI=1S/C20H17F3N4O6/c21-20(22,23)14-9-12(25-5-7-32-8-6-25)1-3-15(14)24-18(28)11-26-16-4-2-13(27(30)31)10-17(16)33-19(26)29/h1-4,9-10H,5-8,11H2,(H,24,28). The zero-order chi connectivity index (χ0) is 23.8. The van der Waals surface area contributed by atoms with E-state index < -0.39 is 40.6 Å². The molecule has 1 aromatic heterocycles. The first-order valence-electron chi connectivity index (χ1n) is 9.75. The second-order valence-electron chi connectivity index (χ2n) is 7.24. The number of nitro groups is 1. The summed E-state index contributed by atoms with van der Waals surface area (Å²) in [6.07, 6.45) is -4.73. The molecule has 13 heteroatoms. The van der Waals surface area contributed by atoms with Crippen molar-refractivity contribution in [1.82, 2.24) is 4.57 Å². The Balaban J connectivity index is 1.59. The minimum absolute atomic E-state index is 0.0967. The number of carbonyl (C=O) groups is 1. The number of non-ortho nitro benzene ring substituents is 1. The molecule has 4 rings (SSSR count). The number of fused-ring (bicyclic) bond motifs is 1. The molecule has 1 aliphatic rings. The molecule has 33 heavy (non-hydrogen) atoms. The lowest BCUT2D eigenvalue weighted by molar-refractivity contribution is -0.384. The summed E-state index contributed by atoms with van der Waals surface area (Å²) in [7, 11) is 0. The molecule has 1 N–H and O–H groups in total. The van der Waals surface area contributed by atoms with Crippen LogP contribution < -0.4 is 16.0 Å². The third kappa shape index (κ3) is 4.67. The molecule has 2 heterocycles. The predicted octanol–water partition coefficient (Wildman–Crippen LogP) is 3.00. The number of morpholine rings is 1. The van der Waals surface area contributed by atoms with E-state index in [9.17, 15) is 32.9 Å². The maximum Gasteiger partial charge on any atom is 0.420 e. The van der Waals surface area contributed by atoms with E-state index in [1.54, 1.807) is 4.90 Å². The van der Waals surface area contributed by atoms with Gasteiger partial charge in [0.1, 0.15) is 6.54 Å². The molecule has 0 radical (unpaired) electrons. The number of nitrogens with one attached hydrogen (secondary N) is 1. The molecule has 0 bridgehead atoms. The zero-order valence-electron chi connectivity index (χ0n) is 16.9. The fourth-order valence-corrected chi connectivity index (χ4v) is 3.55. The van der Waals surface area contributed by atoms with Gasteiger partial charge in [-0.1, -0.05) is 0 Å². The Morgan fingerprint density at radius 1 is 1.15 bits per heavy atom. The van der Waals surface area contributed by atoms with Crippen LogP contribution in [0, 0.1) is 10.1 Å². The highest BCUT2D eigenvalue weighted by Crippen LogP contribution is 2.37. The van der Waals surface area contributed by atoms with Crippen LogP contribution in [0.1, 0.15) is 5.56 Å². The van der Waals surface area contributed by atoms with Crippen LogP contribution in [0.25, 0.3) is 11.1 Å². The number of amides is 1. The van der Waals surface area contributed by atoms with Crippen molar-refractivity contribution in [2.45, 2.75) is 12.7 Å². The van der Waals surface area contributed by atoms with E-state index in [4.69, 9.17) is 9.15 Å². The van der Waals surface area contributed by atoms with Crippen LogP contribution in [0.3, 0.4) is 0 Å². The van der Waals surface area contributed by atoms with Crippen molar-refractivity contribution in [1.29, 1.82) is 0 Å². The van der Waals surface area contributed by atoms with Gasteiger partial charge in [-0.25, -0.2) is 4.79 Å². The summed E-state index contributed by atoms with van der Waals surface area (Å²) < 4.78 is 52.1. The summed E-state index contributed by atoms with van der Waals surface area (Å²) in [5.41, 5.74) is -1.47. The van der Waals surface area contributed by atoms with Crippen molar-refractivity contribution in [3.8, 4) is 0 Å². The number of alkyl halides is 3. The molecule has 0 atom stereocenters. The first kappa shape index (κ1) is 22.3. The van der Waals surface area contributed by atoms with Gasteiger partial charge in [0.05, 0.1) is 41.0 Å². The van der Waals surface area contributed by atoms with Gasteiger partial charge in [-0.05, 0) is 24.3 Å². The quantitative estimate of drug-likeness (QED) is 0.453. The molecular formula is C20H17F3N4O6. The molecule has 0 unspecified atom stereocenters. The number of oxazole rings is 1. The van der Waals surface area contributed by atoms with Crippen LogP contribution in [0.4, 0.5) is 30.2 Å². The predicted molar refractivity (Wildman–Crippen MR) is 110 cm³/mol. The number of halogens is 3. The third-order valence-corrected chi connectivity index (χ3v) is 5.12. The monoisotopic (exact) mass is 466 g/mol. The topological polar surface area (TPSA) is 120 Å². The molecule has 0 saturated carbocycles. The highest BCUT2D eigenvalue weighted by Gasteiger charge is 2.35. The summed E-state index contributed by atoms with van der Waals surface area (Å²) in [6, 6.07) is 6.96. The summed E-state index contributed by atoms with van der Waals surface area (Å²) in [4.78, 5) is 36.5. The Morgan fingerprint density at radius 2 is 1.88 bits per heavy atom. The van der Waals surface area contributed by atoms with Crippen LogP contribution in [0.15, 0.2) is 45.6 Å². The molecule has 2 aromatic carbocycles. The average Bonchev–Trinajstić information content (AvgIpc) is 3.08. The SMILES string of the molecule is O=C(Cn1c(=O)oc2cc([N+](=O)[O-])ccc21)Nc1ccc(N2CCOCC2)cc1C(F)(F)F. The summed E-state index contributed by atoms with van der Waals surface area (Å²) in [5.74, 6) is -1.87. The highest BCUT2D eigenvalue weighted by atomic mass is 19.4. The average molecular weight is 466 g/mol. The smallest absolute Gasteiger partial charge is 0.407 e. The van der Waals surface area contributed by atoms with Gasteiger partial charge in [-0.3, -0.25) is 19.5 Å². The van der Waals surface area contributed by atoms with Crippen LogP contribution in [-0.2, 0) is 22.3 Å². The number of carbonyl (C=O) groups excluding carboxylic acids is 1. The maximum absolute atomic E-state index is 13.7. The summed E-state index contributed by atoms with van der Waals surface area (Å²) in [5, 5.41) is 13.1. The first-order valence-corrected chi connectivity index (χ1v) is 9.75. The highest BCUT2D eigenvalue weighted by molar-refractivity contribution is 5.92. The van der Waals surface area contributed by atoms with E-state index in [2.05, 4.69) is 5.32 Å². The molecule has 0 spiro atoms. The van der Waals surface area contributed by atoms with Gasteiger partial charge in [0.15, 0.2) is 5.58 Å². The van der Waals surface area contributed by atoms with E-state index in [-0.39, 0.29) is 16.8 Å². The van der Waals surface area contributed by atoms with E-state index in [0.29, 0.717) is 32.0 Å². The summed E-state index contributed by atoms with van der Waals surface area (Å²) >= 11 is 0. The molecular weight excluding hydrogens is 449 g/mol. The normalized spacial score (nSPS) is 14.5. The number of benzene rings is 2. The van der Waals surface area contributed by atoms with Gasteiger partial charge in [0.25, 0.3) is 5.69 Å². The van der Waals surface area contributed by atoms with Crippen molar-refractivity contribution in [3.05, 3.63) is 62.6 Å². The Morgan fingerprint density at radius 3 is 2.55 bits per heavy atom. The van der Waals surface area contributed by atoms with Crippen molar-refractivity contribution in [2.24, 2.45) is 0 Å². The molecule has 10 nitrogen and oxygen atoms in total. The Bertz CT molecular complexity index is 1280. The Hall–Kier alpha value is -3.87. The van der Waals surface area contributed by atoms with Gasteiger partial charge < -0.3 is 19.4 Å². The van der Waals surface area contributed by atoms with E-state index in [1.165, 1.54) is 12.1 Å². The van der Waals surface area contributed by atoms with E-state index >= 15 is 0 Å². The number of ether oxygens (including phenoxy) is 1. The van der Waals surface area contributed by atoms with Crippen LogP contribution in [0.5, 0.6) is 0 Å². The summed E-state index contributed by atoms with van der Waals surface area (Å²) in [6.45, 7) is 1.04. The van der Waals surface area contributed by atoms with Crippen molar-refractivity contribution in [2.75, 3.05) is 36.5 Å². The number of nitrogens with zero attached hydrogens (tertiary/aromatic N) is 3. The first-order chi connectivity index (χ1) is 15.6. The van der Waals surface area contributed by atoms with Gasteiger partial charge in [0, 0.05) is 24.8 Å². The zero-order valence-corrected chi connectivity index (χ0v) is 16.9. The van der Waals surface area contributed by atoms with Gasteiger partial charge in [-0.2, -0.15) is 13.2 Å². The molecule has 0 aliphatic carbocycles. The van der Waals surface area contributed by atoms with Crippen LogP contribution in [-0.4, -0.2) is 41.7 Å². The second-order valence-corrected chi connectivity index (χ2v) is 7.24. The van der Waals surface area contributed by atoms with Crippen molar-refractivity contribution in [3.63, 3.8) is 0 Å². The molecule has 1 amide bonds. The molecule has 1 fully saturated rings. The Labute approximate surface area is 183 Å². The van der Waals surface area contributed by atoms with Crippen LogP contribution in [0.2, 0.25) is 0 Å². The molecule has 3 aromatic rings. The van der Waals surface area contributed by atoms with Gasteiger partial charge >= 0.3 is 11.9 Å². The number of hydrogen-bond acceptors (Lipinski definition) is 7. The lowest BCUT2D eigenvalue weighted by Crippen LogP contribution is -2.36. The fraction of sp³-hybridized carbons (Fsp3) is 0.300. The molecule has 1 saturated heterocycles. The minimum atomic E-state index is -4.73. The fourth-order valence-electron chi connectivity index (χ4n) is 3.55. The largest absolute Gasteiger partial charge is 0.420 e. The van der Waals surface area contributed by atoms with Crippen molar-refractivity contribution < 1.29 is 32.0 Å². The lowest BCUT2D eigenvalue weighted by Gasteiger charge is -2.29. The second kappa shape index (κ2) is 8.58. The lowest BCUT2D eigenvalue weighted by atomic mass is 10.1. The number of rotatable bonds is 5. The van der Waals surface area contributed by atoms with E-state index in [0.717, 1.165) is 28.8 Å². The van der Waals surface area contributed by atoms with Crippen molar-refractivity contribution >= 4 is 34.1 Å². The van der Waals surface area contributed by atoms with Gasteiger partial charge in [0.2, 0.25) is 5.91 Å². The third-order valence-electron chi connectivity index (χ3n) is 5.12. The Kier molecular flexibility index (Phi) is 5.80. The maximum atomic E-state index is 13.7. The van der Waals surface area contributed by atoms with E-state index in [1.807, 2.05) is 0 Å².